The molecule has 0 saturated carbocycles. The Bertz CT molecular complexity index is 549. The van der Waals surface area contributed by atoms with Crippen LogP contribution in [0.25, 0.3) is 0 Å². The Morgan fingerprint density at radius 3 is 2.50 bits per heavy atom. The molecule has 0 heterocycles. The molecule has 1 aliphatic rings. The van der Waals surface area contributed by atoms with Crippen LogP contribution >= 0.6 is 0 Å². The van der Waals surface area contributed by atoms with E-state index in [-0.39, 0.29) is 0 Å². The summed E-state index contributed by atoms with van der Waals surface area (Å²) in [5.41, 5.74) is 6.43. The third-order valence-electron chi connectivity index (χ3n) is 5.30. The molecule has 0 atom stereocenters. The second kappa shape index (κ2) is 6.89. The molecule has 0 saturated heterocycles. The quantitative estimate of drug-likeness (QED) is 0.582. The number of ether oxygens (including phenoxy) is 1. The second-order valence-electron chi connectivity index (χ2n) is 7.72. The van der Waals surface area contributed by atoms with Gasteiger partial charge in [0.1, 0.15) is 5.75 Å². The summed E-state index contributed by atoms with van der Waals surface area (Å²) < 4.78 is 5.58. The molecule has 0 aliphatic heterocycles. The number of hydrogen-bond donors (Lipinski definition) is 0. The summed E-state index contributed by atoms with van der Waals surface area (Å²) in [5.74, 6) is 1.60. The Kier molecular flexibility index (Phi) is 5.36. The molecular weight excluding hydrogens is 268 g/mol. The SMILES string of the molecule is COc1ccc(C(C)C)cc1CCC1=C(C)CCCC1(C)C. The average Bonchev–Trinajstić information content (AvgIpc) is 2.45. The third-order valence-corrected chi connectivity index (χ3v) is 5.30. The summed E-state index contributed by atoms with van der Waals surface area (Å²) in [6, 6.07) is 6.68. The van der Waals surface area contributed by atoms with Crippen LogP contribution in [0, 0.1) is 5.41 Å². The van der Waals surface area contributed by atoms with Crippen LogP contribution in [-0.4, -0.2) is 7.11 Å². The molecule has 0 radical (unpaired) electrons. The molecule has 22 heavy (non-hydrogen) atoms. The Labute approximate surface area is 136 Å². The summed E-state index contributed by atoms with van der Waals surface area (Å²) in [6.45, 7) is 11.7. The third kappa shape index (κ3) is 3.74. The topological polar surface area (TPSA) is 9.23 Å². The van der Waals surface area contributed by atoms with Gasteiger partial charge in [-0.3, -0.25) is 0 Å². The fourth-order valence-corrected chi connectivity index (χ4v) is 3.84. The minimum Gasteiger partial charge on any atom is -0.496 e. The van der Waals surface area contributed by atoms with E-state index in [0.29, 0.717) is 11.3 Å². The van der Waals surface area contributed by atoms with Gasteiger partial charge in [-0.15, -0.1) is 0 Å². The van der Waals surface area contributed by atoms with Gasteiger partial charge < -0.3 is 4.74 Å². The van der Waals surface area contributed by atoms with Crippen molar-refractivity contribution in [1.82, 2.24) is 0 Å². The Morgan fingerprint density at radius 2 is 1.91 bits per heavy atom. The average molecular weight is 300 g/mol. The number of rotatable bonds is 5. The van der Waals surface area contributed by atoms with Crippen molar-refractivity contribution in [3.05, 3.63) is 40.5 Å². The van der Waals surface area contributed by atoms with Crippen LogP contribution in [0.2, 0.25) is 0 Å². The van der Waals surface area contributed by atoms with Crippen LogP contribution < -0.4 is 4.74 Å². The standard InChI is InChI=1S/C21H32O/c1-15(2)17-10-12-20(22-6)18(14-17)9-11-19-16(3)8-7-13-21(19,4)5/h10,12,14-15H,7-9,11,13H2,1-6H3. The summed E-state index contributed by atoms with van der Waals surface area (Å²) in [5, 5.41) is 0. The number of benzene rings is 1. The first-order valence-electron chi connectivity index (χ1n) is 8.71. The van der Waals surface area contributed by atoms with Gasteiger partial charge in [0.15, 0.2) is 0 Å². The monoisotopic (exact) mass is 300 g/mol. The number of methoxy groups -OCH3 is 1. The molecule has 0 spiro atoms. The van der Waals surface area contributed by atoms with Gasteiger partial charge in [0, 0.05) is 0 Å². The maximum atomic E-state index is 5.58. The zero-order valence-electron chi connectivity index (χ0n) is 15.3. The number of allylic oxidation sites excluding steroid dienone is 2. The van der Waals surface area contributed by atoms with Crippen molar-refractivity contribution in [2.45, 2.75) is 72.6 Å². The highest BCUT2D eigenvalue weighted by molar-refractivity contribution is 5.39. The Morgan fingerprint density at radius 1 is 1.18 bits per heavy atom. The molecule has 0 unspecified atom stereocenters. The zero-order valence-corrected chi connectivity index (χ0v) is 15.3. The molecule has 1 aliphatic carbocycles. The molecule has 0 fully saturated rings. The zero-order chi connectivity index (χ0) is 16.3. The maximum absolute atomic E-state index is 5.58. The summed E-state index contributed by atoms with van der Waals surface area (Å²) in [6.07, 6.45) is 6.19. The van der Waals surface area contributed by atoms with Gasteiger partial charge in [0.2, 0.25) is 0 Å². The van der Waals surface area contributed by atoms with E-state index in [4.69, 9.17) is 4.74 Å². The van der Waals surface area contributed by atoms with Crippen molar-refractivity contribution in [3.8, 4) is 5.75 Å². The molecule has 0 N–H and O–H groups in total. The fraction of sp³-hybridized carbons (Fsp3) is 0.619. The predicted molar refractivity (Wildman–Crippen MR) is 95.7 cm³/mol. The van der Waals surface area contributed by atoms with Gasteiger partial charge in [-0.2, -0.15) is 0 Å². The maximum Gasteiger partial charge on any atom is 0.122 e. The molecule has 0 amide bonds. The lowest BCUT2D eigenvalue weighted by molar-refractivity contribution is 0.353. The normalized spacial score (nSPS) is 18.0. The molecule has 122 valence electrons. The van der Waals surface area contributed by atoms with Crippen molar-refractivity contribution >= 4 is 0 Å². The molecule has 0 aromatic heterocycles. The van der Waals surface area contributed by atoms with E-state index in [9.17, 15) is 0 Å². The van der Waals surface area contributed by atoms with Crippen LogP contribution in [0.1, 0.15) is 77.3 Å². The minimum absolute atomic E-state index is 0.366. The van der Waals surface area contributed by atoms with E-state index in [1.807, 2.05) is 0 Å². The van der Waals surface area contributed by atoms with Crippen LogP contribution in [0.15, 0.2) is 29.3 Å². The highest BCUT2D eigenvalue weighted by Crippen LogP contribution is 2.42. The predicted octanol–water partition coefficient (Wildman–Crippen LogP) is 6.28. The van der Waals surface area contributed by atoms with Gasteiger partial charge in [0.25, 0.3) is 0 Å². The lowest BCUT2D eigenvalue weighted by atomic mass is 9.71. The molecule has 1 aromatic rings. The van der Waals surface area contributed by atoms with Gasteiger partial charge in [0.05, 0.1) is 7.11 Å². The summed E-state index contributed by atoms with van der Waals surface area (Å²) >= 11 is 0. The Balaban J connectivity index is 2.22. The molecule has 1 heteroatoms. The van der Waals surface area contributed by atoms with E-state index in [0.717, 1.165) is 18.6 Å². The van der Waals surface area contributed by atoms with Crippen molar-refractivity contribution in [2.24, 2.45) is 5.41 Å². The first kappa shape index (κ1) is 17.1. The second-order valence-corrected chi connectivity index (χ2v) is 7.72. The largest absolute Gasteiger partial charge is 0.496 e. The lowest BCUT2D eigenvalue weighted by Crippen LogP contribution is -2.21. The minimum atomic E-state index is 0.366. The highest BCUT2D eigenvalue weighted by atomic mass is 16.5. The van der Waals surface area contributed by atoms with Crippen LogP contribution in [0.4, 0.5) is 0 Å². The van der Waals surface area contributed by atoms with Crippen LogP contribution in [-0.2, 0) is 6.42 Å². The fourth-order valence-electron chi connectivity index (χ4n) is 3.84. The Hall–Kier alpha value is -1.24. The smallest absolute Gasteiger partial charge is 0.122 e. The summed E-state index contributed by atoms with van der Waals surface area (Å²) in [7, 11) is 1.78. The highest BCUT2D eigenvalue weighted by Gasteiger charge is 2.28. The molecule has 1 nitrogen and oxygen atoms in total. The lowest BCUT2D eigenvalue weighted by Gasteiger charge is -2.35. The molecule has 0 bridgehead atoms. The van der Waals surface area contributed by atoms with Crippen LogP contribution in [0.5, 0.6) is 5.75 Å². The van der Waals surface area contributed by atoms with E-state index < -0.39 is 0 Å². The number of aryl methyl sites for hydroxylation is 1. The van der Waals surface area contributed by atoms with E-state index >= 15 is 0 Å². The van der Waals surface area contributed by atoms with Crippen molar-refractivity contribution in [3.63, 3.8) is 0 Å². The number of hydrogen-bond acceptors (Lipinski definition) is 1. The first-order chi connectivity index (χ1) is 10.3. The van der Waals surface area contributed by atoms with E-state index in [2.05, 4.69) is 52.8 Å². The first-order valence-corrected chi connectivity index (χ1v) is 8.71. The van der Waals surface area contributed by atoms with Gasteiger partial charge >= 0.3 is 0 Å². The van der Waals surface area contributed by atoms with Crippen molar-refractivity contribution in [1.29, 1.82) is 0 Å². The van der Waals surface area contributed by atoms with Gasteiger partial charge in [-0.1, -0.05) is 51.0 Å². The molecular formula is C21H32O. The van der Waals surface area contributed by atoms with Crippen molar-refractivity contribution in [2.75, 3.05) is 7.11 Å². The van der Waals surface area contributed by atoms with Gasteiger partial charge in [-0.25, -0.2) is 0 Å². The van der Waals surface area contributed by atoms with Crippen LogP contribution in [0.3, 0.4) is 0 Å². The van der Waals surface area contributed by atoms with Gasteiger partial charge in [-0.05, 0) is 67.6 Å². The van der Waals surface area contributed by atoms with Crippen molar-refractivity contribution < 1.29 is 4.74 Å². The molecule has 1 aromatic carbocycles. The molecule has 2 rings (SSSR count). The van der Waals surface area contributed by atoms with E-state index in [1.54, 1.807) is 18.3 Å². The summed E-state index contributed by atoms with van der Waals surface area (Å²) in [4.78, 5) is 0. The van der Waals surface area contributed by atoms with E-state index in [1.165, 1.54) is 30.4 Å².